The molecule has 0 aliphatic carbocycles. The number of carbonyl (C=O) groups is 2. The van der Waals surface area contributed by atoms with Gasteiger partial charge in [-0.3, -0.25) is 9.59 Å². The standard InChI is InChI=1S/C29H26ClNO5/c30-22-12-8-21(9-13-22)27(32)25-26(31(29(34)28(25)33)17-24-7-4-16-35-24)20-10-14-23(15-11-20)36-18-19-5-2-1-3-6-19/h1-3,5-6,8-15,24,26,32H,4,7,16-18H2/t24-,26-/m1/s1. The monoisotopic (exact) mass is 503 g/mol. The maximum Gasteiger partial charge on any atom is 0.295 e. The smallest absolute Gasteiger partial charge is 0.295 e. The molecule has 0 saturated carbocycles. The molecule has 2 aliphatic rings. The second-order valence-corrected chi connectivity index (χ2v) is 9.37. The van der Waals surface area contributed by atoms with Crippen LogP contribution < -0.4 is 4.74 Å². The third-order valence-corrected chi connectivity index (χ3v) is 6.78. The van der Waals surface area contributed by atoms with Gasteiger partial charge in [0.05, 0.1) is 17.7 Å². The summed E-state index contributed by atoms with van der Waals surface area (Å²) in [6.45, 7) is 1.34. The SMILES string of the molecule is O=C1C(=O)N(C[C@H]2CCCO2)[C@H](c2ccc(OCc3ccccc3)cc2)C1=C(O)c1ccc(Cl)cc1. The summed E-state index contributed by atoms with van der Waals surface area (Å²) in [5, 5.41) is 11.7. The highest BCUT2D eigenvalue weighted by atomic mass is 35.5. The average Bonchev–Trinajstić information content (AvgIpc) is 3.51. The fourth-order valence-electron chi connectivity index (χ4n) is 4.67. The summed E-state index contributed by atoms with van der Waals surface area (Å²) in [7, 11) is 0. The Labute approximate surface area is 214 Å². The number of aliphatic hydroxyl groups excluding tert-OH is 1. The van der Waals surface area contributed by atoms with E-state index in [0.717, 1.165) is 18.4 Å². The molecular formula is C29H26ClNO5. The molecule has 2 atom stereocenters. The lowest BCUT2D eigenvalue weighted by molar-refractivity contribution is -0.140. The van der Waals surface area contributed by atoms with Crippen molar-refractivity contribution in [2.24, 2.45) is 0 Å². The molecule has 7 heteroatoms. The van der Waals surface area contributed by atoms with E-state index in [-0.39, 0.29) is 24.0 Å². The van der Waals surface area contributed by atoms with Crippen molar-refractivity contribution in [2.75, 3.05) is 13.2 Å². The van der Waals surface area contributed by atoms with Crippen LogP contribution in [-0.4, -0.2) is 41.0 Å². The van der Waals surface area contributed by atoms with Gasteiger partial charge in [-0.2, -0.15) is 0 Å². The van der Waals surface area contributed by atoms with Crippen molar-refractivity contribution >= 4 is 29.1 Å². The molecule has 0 unspecified atom stereocenters. The van der Waals surface area contributed by atoms with Gasteiger partial charge in [0, 0.05) is 23.7 Å². The Morgan fingerprint density at radius 1 is 1.00 bits per heavy atom. The Balaban J connectivity index is 1.48. The number of nitrogens with zero attached hydrogens (tertiary/aromatic N) is 1. The third kappa shape index (κ3) is 5.01. The Hall–Kier alpha value is -3.61. The lowest BCUT2D eigenvalue weighted by atomic mass is 9.95. The molecule has 2 heterocycles. The molecule has 36 heavy (non-hydrogen) atoms. The van der Waals surface area contributed by atoms with Gasteiger partial charge < -0.3 is 19.5 Å². The summed E-state index contributed by atoms with van der Waals surface area (Å²) in [6.07, 6.45) is 1.59. The van der Waals surface area contributed by atoms with E-state index in [4.69, 9.17) is 21.1 Å². The second kappa shape index (κ2) is 10.6. The van der Waals surface area contributed by atoms with Crippen LogP contribution >= 0.6 is 11.6 Å². The number of halogens is 1. The van der Waals surface area contributed by atoms with Crippen molar-refractivity contribution in [3.8, 4) is 5.75 Å². The number of hydrogen-bond donors (Lipinski definition) is 1. The van der Waals surface area contributed by atoms with Crippen molar-refractivity contribution in [1.29, 1.82) is 0 Å². The zero-order valence-electron chi connectivity index (χ0n) is 19.6. The van der Waals surface area contributed by atoms with Gasteiger partial charge in [-0.05, 0) is 60.4 Å². The van der Waals surface area contributed by atoms with Gasteiger partial charge >= 0.3 is 0 Å². The fourth-order valence-corrected chi connectivity index (χ4v) is 4.80. The van der Waals surface area contributed by atoms with E-state index in [9.17, 15) is 14.7 Å². The van der Waals surface area contributed by atoms with E-state index in [1.165, 1.54) is 4.90 Å². The van der Waals surface area contributed by atoms with Crippen LogP contribution in [-0.2, 0) is 20.9 Å². The van der Waals surface area contributed by atoms with E-state index in [1.807, 2.05) is 54.6 Å². The molecule has 2 fully saturated rings. The number of hydrogen-bond acceptors (Lipinski definition) is 5. The zero-order valence-corrected chi connectivity index (χ0v) is 20.4. The highest BCUT2D eigenvalue weighted by Crippen LogP contribution is 2.40. The van der Waals surface area contributed by atoms with Crippen molar-refractivity contribution in [2.45, 2.75) is 31.6 Å². The van der Waals surface area contributed by atoms with Crippen LogP contribution in [0.5, 0.6) is 5.75 Å². The van der Waals surface area contributed by atoms with Gasteiger partial charge in [0.1, 0.15) is 18.1 Å². The molecule has 0 spiro atoms. The molecule has 1 amide bonds. The zero-order chi connectivity index (χ0) is 25.1. The molecule has 1 N–H and O–H groups in total. The van der Waals surface area contributed by atoms with Crippen LogP contribution in [0.1, 0.15) is 35.6 Å². The summed E-state index contributed by atoms with van der Waals surface area (Å²) in [4.78, 5) is 27.8. The van der Waals surface area contributed by atoms with Gasteiger partial charge in [-0.1, -0.05) is 54.1 Å². The van der Waals surface area contributed by atoms with Crippen LogP contribution in [0.2, 0.25) is 5.02 Å². The molecule has 0 radical (unpaired) electrons. The third-order valence-electron chi connectivity index (χ3n) is 6.53. The topological polar surface area (TPSA) is 76.1 Å². The normalized spacial score (nSPS) is 21.2. The maximum absolute atomic E-state index is 13.2. The molecule has 3 aromatic carbocycles. The van der Waals surface area contributed by atoms with E-state index < -0.39 is 17.7 Å². The lowest BCUT2D eigenvalue weighted by Gasteiger charge is -2.27. The van der Waals surface area contributed by atoms with Gasteiger partial charge in [0.2, 0.25) is 0 Å². The number of ether oxygens (including phenoxy) is 2. The Kier molecular flexibility index (Phi) is 7.07. The van der Waals surface area contributed by atoms with Gasteiger partial charge in [-0.15, -0.1) is 0 Å². The summed E-state index contributed by atoms with van der Waals surface area (Å²) >= 11 is 6.00. The highest BCUT2D eigenvalue weighted by Gasteiger charge is 2.47. The lowest BCUT2D eigenvalue weighted by Crippen LogP contribution is -2.36. The molecular weight excluding hydrogens is 478 g/mol. The minimum Gasteiger partial charge on any atom is -0.507 e. The summed E-state index contributed by atoms with van der Waals surface area (Å²) in [6, 6.07) is 22.9. The number of likely N-dealkylation sites (tertiary alicyclic amines) is 1. The van der Waals surface area contributed by atoms with Crippen molar-refractivity contribution in [1.82, 2.24) is 4.90 Å². The molecule has 0 bridgehead atoms. The Morgan fingerprint density at radius 3 is 2.39 bits per heavy atom. The van der Waals surface area contributed by atoms with Crippen LogP contribution in [0.15, 0.2) is 84.4 Å². The molecule has 2 saturated heterocycles. The summed E-state index contributed by atoms with van der Waals surface area (Å²) in [5.74, 6) is -0.920. The van der Waals surface area contributed by atoms with Crippen molar-refractivity contribution in [3.05, 3.63) is 106 Å². The number of amides is 1. The average molecular weight is 504 g/mol. The molecule has 184 valence electrons. The predicted octanol–water partition coefficient (Wildman–Crippen LogP) is 5.52. The Morgan fingerprint density at radius 2 is 1.72 bits per heavy atom. The minimum atomic E-state index is -0.743. The first-order valence-electron chi connectivity index (χ1n) is 11.9. The van der Waals surface area contributed by atoms with Crippen LogP contribution in [0.4, 0.5) is 0 Å². The largest absolute Gasteiger partial charge is 0.507 e. The first kappa shape index (κ1) is 24.1. The molecule has 2 aliphatic heterocycles. The number of Topliss-reactive ketones (excluding diaryl/α,β-unsaturated/α-hetero) is 1. The molecule has 5 rings (SSSR count). The van der Waals surface area contributed by atoms with Gasteiger partial charge in [0.15, 0.2) is 0 Å². The van der Waals surface area contributed by atoms with E-state index >= 15 is 0 Å². The second-order valence-electron chi connectivity index (χ2n) is 8.94. The van der Waals surface area contributed by atoms with E-state index in [2.05, 4.69) is 0 Å². The molecule has 6 nitrogen and oxygen atoms in total. The molecule has 3 aromatic rings. The number of benzene rings is 3. The van der Waals surface area contributed by atoms with E-state index in [1.54, 1.807) is 24.3 Å². The van der Waals surface area contributed by atoms with Crippen LogP contribution in [0, 0.1) is 0 Å². The van der Waals surface area contributed by atoms with Gasteiger partial charge in [-0.25, -0.2) is 0 Å². The summed E-state index contributed by atoms with van der Waals surface area (Å²) in [5.41, 5.74) is 2.23. The molecule has 0 aromatic heterocycles. The number of ketones is 1. The van der Waals surface area contributed by atoms with Crippen LogP contribution in [0.25, 0.3) is 5.76 Å². The van der Waals surface area contributed by atoms with Crippen LogP contribution in [0.3, 0.4) is 0 Å². The minimum absolute atomic E-state index is 0.0540. The predicted molar refractivity (Wildman–Crippen MR) is 137 cm³/mol. The fraction of sp³-hybridized carbons (Fsp3) is 0.241. The summed E-state index contributed by atoms with van der Waals surface area (Å²) < 4.78 is 11.7. The number of carbonyl (C=O) groups excluding carboxylic acids is 2. The highest BCUT2D eigenvalue weighted by molar-refractivity contribution is 6.46. The number of rotatable bonds is 7. The Bertz CT molecular complexity index is 1270. The van der Waals surface area contributed by atoms with Crippen molar-refractivity contribution < 1.29 is 24.2 Å². The van der Waals surface area contributed by atoms with Crippen molar-refractivity contribution in [3.63, 3.8) is 0 Å². The quantitative estimate of drug-likeness (QED) is 0.261. The van der Waals surface area contributed by atoms with E-state index in [0.29, 0.717) is 35.1 Å². The number of aliphatic hydroxyl groups is 1. The van der Waals surface area contributed by atoms with Gasteiger partial charge in [0.25, 0.3) is 11.7 Å². The first-order valence-corrected chi connectivity index (χ1v) is 12.3. The maximum atomic E-state index is 13.2. The first-order chi connectivity index (χ1) is 17.5.